The third-order valence-electron chi connectivity index (χ3n) is 0.797. The van der Waals surface area contributed by atoms with Crippen LogP contribution in [0.1, 0.15) is 0 Å². The lowest BCUT2D eigenvalue weighted by Crippen LogP contribution is -2.36. The topological polar surface area (TPSA) is 127 Å². The average molecular weight is 182 g/mol. The highest BCUT2D eigenvalue weighted by Crippen LogP contribution is 1.89. The summed E-state index contributed by atoms with van der Waals surface area (Å²) in [5.74, 6) is -2.29. The van der Waals surface area contributed by atoms with Crippen LogP contribution in [0.3, 0.4) is 0 Å². The minimum absolute atomic E-state index is 0.989. The molecule has 7 nitrogen and oxygen atoms in total. The minimum atomic E-state index is -4.32. The molecule has 0 spiro atoms. The van der Waals surface area contributed by atoms with E-state index in [4.69, 9.17) is 10.3 Å². The van der Waals surface area contributed by atoms with Gasteiger partial charge in [-0.1, -0.05) is 0 Å². The highest BCUT2D eigenvalue weighted by Gasteiger charge is 2.20. The maximum Gasteiger partial charge on any atom is 0.304 e. The van der Waals surface area contributed by atoms with Crippen molar-refractivity contribution in [1.29, 1.82) is 0 Å². The number of nitrogens with zero attached hydrogens (tertiary/aromatic N) is 1. The summed E-state index contributed by atoms with van der Waals surface area (Å²) in [7, 11) is -4.32. The van der Waals surface area contributed by atoms with Gasteiger partial charge in [-0.25, -0.2) is 0 Å². The van der Waals surface area contributed by atoms with E-state index in [0.29, 0.717) is 0 Å². The van der Waals surface area contributed by atoms with Crippen molar-refractivity contribution in [1.82, 2.24) is 0 Å². The van der Waals surface area contributed by atoms with Gasteiger partial charge in [-0.3, -0.25) is 9.35 Å². The van der Waals surface area contributed by atoms with Gasteiger partial charge >= 0.3 is 5.91 Å². The van der Waals surface area contributed by atoms with Crippen LogP contribution < -0.4 is 5.73 Å². The van der Waals surface area contributed by atoms with Crippen LogP contribution in [0.4, 0.5) is 0 Å². The maximum absolute atomic E-state index is 10.2. The van der Waals surface area contributed by atoms with Crippen LogP contribution in [0, 0.1) is 4.91 Å². The Morgan fingerprint density at radius 2 is 2.09 bits per heavy atom. The average Bonchev–Trinajstić information content (AvgIpc) is 1.82. The fourth-order valence-corrected chi connectivity index (χ4v) is 0.962. The van der Waals surface area contributed by atoms with Crippen molar-refractivity contribution in [3.05, 3.63) is 4.91 Å². The van der Waals surface area contributed by atoms with Gasteiger partial charge in [0.05, 0.1) is 5.75 Å². The summed E-state index contributed by atoms with van der Waals surface area (Å²) in [6.45, 7) is 0. The van der Waals surface area contributed by atoms with Gasteiger partial charge < -0.3 is 5.73 Å². The number of hydrogen-bond acceptors (Lipinski definition) is 5. The third-order valence-corrected chi connectivity index (χ3v) is 1.58. The monoisotopic (exact) mass is 182 g/mol. The van der Waals surface area contributed by atoms with Crippen molar-refractivity contribution < 1.29 is 17.8 Å². The van der Waals surface area contributed by atoms with Gasteiger partial charge in [-0.05, 0) is 0 Å². The van der Waals surface area contributed by atoms with Crippen molar-refractivity contribution in [2.75, 3.05) is 5.75 Å². The lowest BCUT2D eigenvalue weighted by molar-refractivity contribution is -0.118. The first kappa shape index (κ1) is 10.1. The molecule has 0 aliphatic rings. The Labute approximate surface area is 62.3 Å². The van der Waals surface area contributed by atoms with Crippen molar-refractivity contribution in [3.63, 3.8) is 0 Å². The van der Waals surface area contributed by atoms with E-state index in [1.807, 2.05) is 5.18 Å². The molecule has 8 heteroatoms. The standard InChI is InChI=1S/C3H6N2O5S/c4-2(3(6)5-7)1-11(8,9)10/h2H,1,4H2,(H,8,9,10)/t2-/m1/s1. The van der Waals surface area contributed by atoms with Gasteiger partial charge in [0.15, 0.2) is 0 Å². The van der Waals surface area contributed by atoms with E-state index in [1.165, 1.54) is 0 Å². The van der Waals surface area contributed by atoms with Crippen LogP contribution in [-0.4, -0.2) is 30.7 Å². The Hall–Kier alpha value is -0.860. The van der Waals surface area contributed by atoms with Gasteiger partial charge in [0.2, 0.25) is 0 Å². The van der Waals surface area contributed by atoms with Crippen molar-refractivity contribution in [3.8, 4) is 0 Å². The number of nitrogens with two attached hydrogens (primary N) is 1. The summed E-state index contributed by atoms with van der Waals surface area (Å²) in [5, 5.41) is 1.88. The van der Waals surface area contributed by atoms with E-state index in [1.54, 1.807) is 0 Å². The molecule has 0 heterocycles. The Morgan fingerprint density at radius 1 is 1.64 bits per heavy atom. The first-order valence-electron chi connectivity index (χ1n) is 2.45. The second kappa shape index (κ2) is 3.51. The van der Waals surface area contributed by atoms with Gasteiger partial charge in [-0.15, -0.1) is 4.91 Å². The summed E-state index contributed by atoms with van der Waals surface area (Å²) in [6.07, 6.45) is 0. The Kier molecular flexibility index (Phi) is 3.23. The molecule has 0 unspecified atom stereocenters. The molecule has 0 aromatic carbocycles. The van der Waals surface area contributed by atoms with Crippen LogP contribution in [0.5, 0.6) is 0 Å². The van der Waals surface area contributed by atoms with Crippen LogP contribution in [0.25, 0.3) is 0 Å². The summed E-state index contributed by atoms with van der Waals surface area (Å²) in [5.41, 5.74) is 4.83. The maximum atomic E-state index is 10.2. The fraction of sp³-hybridized carbons (Fsp3) is 0.667. The summed E-state index contributed by atoms with van der Waals surface area (Å²) in [6, 6.07) is -1.58. The quantitative estimate of drug-likeness (QED) is 0.403. The second-order valence-corrected chi connectivity index (χ2v) is 3.28. The molecule has 3 N–H and O–H groups in total. The Balaban J connectivity index is 4.20. The molecule has 0 saturated heterocycles. The molecule has 0 aromatic rings. The molecule has 0 aromatic heterocycles. The zero-order valence-electron chi connectivity index (χ0n) is 5.30. The van der Waals surface area contributed by atoms with Crippen molar-refractivity contribution >= 4 is 16.0 Å². The molecule has 0 fully saturated rings. The highest BCUT2D eigenvalue weighted by atomic mass is 32.2. The Bertz CT molecular complexity index is 257. The van der Waals surface area contributed by atoms with Crippen LogP contribution >= 0.6 is 0 Å². The Morgan fingerprint density at radius 3 is 2.36 bits per heavy atom. The molecule has 64 valence electrons. The third kappa shape index (κ3) is 4.53. The summed E-state index contributed by atoms with van der Waals surface area (Å²) < 4.78 is 28.2. The number of hydrogen-bond donors (Lipinski definition) is 2. The SMILES string of the molecule is N[C@H](CS(=O)(=O)O)C(=O)N=O. The van der Waals surface area contributed by atoms with E-state index >= 15 is 0 Å². The fourth-order valence-electron chi connectivity index (χ4n) is 0.366. The molecule has 1 amide bonds. The highest BCUT2D eigenvalue weighted by molar-refractivity contribution is 7.85. The van der Waals surface area contributed by atoms with E-state index in [-0.39, 0.29) is 0 Å². The molecule has 0 radical (unpaired) electrons. The largest absolute Gasteiger partial charge is 0.319 e. The minimum Gasteiger partial charge on any atom is -0.319 e. The van der Waals surface area contributed by atoms with E-state index in [0.717, 1.165) is 0 Å². The molecule has 1 atom stereocenters. The van der Waals surface area contributed by atoms with E-state index in [9.17, 15) is 18.1 Å². The molecule has 0 rings (SSSR count). The molecule has 0 saturated carbocycles. The molecule has 11 heavy (non-hydrogen) atoms. The molecule has 0 aliphatic carbocycles. The predicted molar refractivity (Wildman–Crippen MR) is 35.2 cm³/mol. The van der Waals surface area contributed by atoms with Gasteiger partial charge in [-0.2, -0.15) is 8.42 Å². The van der Waals surface area contributed by atoms with Crippen LogP contribution in [-0.2, 0) is 14.9 Å². The van der Waals surface area contributed by atoms with Gasteiger partial charge in [0.1, 0.15) is 6.04 Å². The number of carbonyl (C=O) groups excluding carboxylic acids is 1. The molecule has 0 bridgehead atoms. The van der Waals surface area contributed by atoms with Crippen LogP contribution in [0.15, 0.2) is 5.18 Å². The summed E-state index contributed by atoms with van der Waals surface area (Å²) in [4.78, 5) is 19.7. The van der Waals surface area contributed by atoms with Crippen molar-refractivity contribution in [2.45, 2.75) is 6.04 Å². The van der Waals surface area contributed by atoms with E-state index in [2.05, 4.69) is 0 Å². The second-order valence-electron chi connectivity index (χ2n) is 1.78. The smallest absolute Gasteiger partial charge is 0.304 e. The van der Waals surface area contributed by atoms with Gasteiger partial charge in [0.25, 0.3) is 10.1 Å². The van der Waals surface area contributed by atoms with E-state index < -0.39 is 27.8 Å². The summed E-state index contributed by atoms with van der Waals surface area (Å²) >= 11 is 0. The number of nitroso groups, excluding NO2 is 1. The lowest BCUT2D eigenvalue weighted by atomic mass is 10.3. The zero-order valence-corrected chi connectivity index (χ0v) is 6.11. The number of carbonyl (C=O) groups is 1. The molecule has 0 aliphatic heterocycles. The lowest BCUT2D eigenvalue weighted by Gasteiger charge is -2.00. The molecular weight excluding hydrogens is 176 g/mol. The van der Waals surface area contributed by atoms with Gasteiger partial charge in [0, 0.05) is 5.18 Å². The molecular formula is C3H6N2O5S. The predicted octanol–water partition coefficient (Wildman–Crippen LogP) is -1.51. The zero-order chi connectivity index (χ0) is 9.07. The van der Waals surface area contributed by atoms with Crippen LogP contribution in [0.2, 0.25) is 0 Å². The van der Waals surface area contributed by atoms with Crippen molar-refractivity contribution in [2.24, 2.45) is 10.9 Å². The first-order chi connectivity index (χ1) is 4.87. The normalized spacial score (nSPS) is 14.0. The first-order valence-corrected chi connectivity index (χ1v) is 4.05. The number of rotatable bonds is 3. The number of amides is 1.